The Balaban J connectivity index is 1.69. The Kier molecular flexibility index (Phi) is 5.64. The second-order valence-electron chi connectivity index (χ2n) is 7.73. The first-order valence-corrected chi connectivity index (χ1v) is 10.5. The highest BCUT2D eigenvalue weighted by Crippen LogP contribution is 2.52. The summed E-state index contributed by atoms with van der Waals surface area (Å²) in [6.45, 7) is -0.426. The van der Waals surface area contributed by atoms with E-state index in [9.17, 15) is 4.79 Å². The van der Waals surface area contributed by atoms with Gasteiger partial charge in [-0.15, -0.1) is 0 Å². The minimum atomic E-state index is -1.04. The van der Waals surface area contributed by atoms with Gasteiger partial charge in [-0.1, -0.05) is 72.8 Å². The van der Waals surface area contributed by atoms with Crippen molar-refractivity contribution in [1.29, 1.82) is 0 Å². The lowest BCUT2D eigenvalue weighted by Crippen LogP contribution is -2.35. The monoisotopic (exact) mass is 442 g/mol. The Morgan fingerprint density at radius 3 is 2.42 bits per heavy atom. The molecule has 3 aromatic carbocycles. The van der Waals surface area contributed by atoms with Crippen LogP contribution in [0.25, 0.3) is 0 Å². The summed E-state index contributed by atoms with van der Waals surface area (Å²) >= 11 is 0. The first-order chi connectivity index (χ1) is 16.2. The zero-order valence-corrected chi connectivity index (χ0v) is 17.6. The van der Waals surface area contributed by atoms with Crippen molar-refractivity contribution >= 4 is 5.97 Å². The second-order valence-corrected chi connectivity index (χ2v) is 7.73. The van der Waals surface area contributed by atoms with Crippen molar-refractivity contribution < 1.29 is 23.8 Å². The van der Waals surface area contributed by atoms with Crippen LogP contribution in [0, 0.1) is 0 Å². The third-order valence-electron chi connectivity index (χ3n) is 5.71. The fourth-order valence-electron chi connectivity index (χ4n) is 4.31. The lowest BCUT2D eigenvalue weighted by molar-refractivity contribution is -0.139. The highest BCUT2D eigenvalue weighted by atomic mass is 16.5. The molecule has 2 heterocycles. The van der Waals surface area contributed by atoms with Crippen LogP contribution in [0.4, 0.5) is 0 Å². The Labute approximate surface area is 190 Å². The number of oxazole rings is 1. The van der Waals surface area contributed by atoms with Gasteiger partial charge in [0.15, 0.2) is 19.2 Å². The Morgan fingerprint density at radius 2 is 1.73 bits per heavy atom. The number of rotatable bonds is 7. The molecule has 0 radical (unpaired) electrons. The molecule has 4 aromatic rings. The molecule has 2 N–H and O–H groups in total. The highest BCUT2D eigenvalue weighted by Gasteiger charge is 2.52. The van der Waals surface area contributed by atoms with Gasteiger partial charge in [-0.3, -0.25) is 5.32 Å². The molecule has 3 atom stereocenters. The number of benzene rings is 3. The molecule has 7 nitrogen and oxygen atoms in total. The van der Waals surface area contributed by atoms with E-state index < -0.39 is 24.4 Å². The molecule has 166 valence electrons. The van der Waals surface area contributed by atoms with Crippen LogP contribution in [0.2, 0.25) is 0 Å². The van der Waals surface area contributed by atoms with Gasteiger partial charge in [0, 0.05) is 0 Å². The number of hydrogen-bond donors (Lipinski definition) is 2. The first kappa shape index (κ1) is 20.9. The highest BCUT2D eigenvalue weighted by molar-refractivity contribution is 5.68. The van der Waals surface area contributed by atoms with E-state index in [1.54, 1.807) is 12.3 Å². The van der Waals surface area contributed by atoms with E-state index in [-0.39, 0.29) is 6.04 Å². The number of aliphatic carboxylic acids is 1. The maximum atomic E-state index is 11.0. The zero-order chi connectivity index (χ0) is 22.7. The predicted molar refractivity (Wildman–Crippen MR) is 119 cm³/mol. The van der Waals surface area contributed by atoms with Gasteiger partial charge in [-0.2, -0.15) is 0 Å². The molecule has 7 heteroatoms. The Bertz CT molecular complexity index is 1210. The molecular formula is C26H22N2O5. The molecule has 1 saturated heterocycles. The van der Waals surface area contributed by atoms with E-state index in [1.165, 1.54) is 6.39 Å². The standard InChI is InChI=1S/C26H22N2O5/c29-23(30)16-32-21-13-7-12-20(14-21)26(19-10-5-2-6-11-19)24(18-8-3-1-4-9-18)28-25(33-26)22-15-31-17-27-22/h1-15,17,24-25,28H,16H2,(H,29,30). The third-order valence-corrected chi connectivity index (χ3v) is 5.71. The summed E-state index contributed by atoms with van der Waals surface area (Å²) in [5.74, 6) is -0.587. The van der Waals surface area contributed by atoms with E-state index in [4.69, 9.17) is 19.0 Å². The van der Waals surface area contributed by atoms with E-state index in [2.05, 4.69) is 22.4 Å². The van der Waals surface area contributed by atoms with Crippen LogP contribution in [0.3, 0.4) is 0 Å². The van der Waals surface area contributed by atoms with E-state index in [1.807, 2.05) is 66.7 Å². The quantitative estimate of drug-likeness (QED) is 0.437. The number of carboxylic acid groups (broad SMARTS) is 1. The van der Waals surface area contributed by atoms with Crippen molar-refractivity contribution in [2.24, 2.45) is 0 Å². The van der Waals surface area contributed by atoms with Crippen molar-refractivity contribution in [2.75, 3.05) is 6.61 Å². The minimum absolute atomic E-state index is 0.280. The fraction of sp³-hybridized carbons (Fsp3) is 0.154. The van der Waals surface area contributed by atoms with Gasteiger partial charge >= 0.3 is 5.97 Å². The van der Waals surface area contributed by atoms with Crippen LogP contribution in [0.15, 0.2) is 102 Å². The van der Waals surface area contributed by atoms with Crippen LogP contribution in [0.5, 0.6) is 5.75 Å². The topological polar surface area (TPSA) is 93.8 Å². The molecule has 1 fully saturated rings. The number of aromatic nitrogens is 1. The maximum Gasteiger partial charge on any atom is 0.341 e. The summed E-state index contributed by atoms with van der Waals surface area (Å²) in [4.78, 5) is 15.3. The summed E-state index contributed by atoms with van der Waals surface area (Å²) in [5.41, 5.74) is 2.47. The van der Waals surface area contributed by atoms with Gasteiger partial charge in [-0.25, -0.2) is 9.78 Å². The summed E-state index contributed by atoms with van der Waals surface area (Å²) in [7, 11) is 0. The molecule has 1 aromatic heterocycles. The molecule has 0 amide bonds. The van der Waals surface area contributed by atoms with Crippen molar-refractivity contribution in [3.05, 3.63) is 120 Å². The number of ether oxygens (including phenoxy) is 2. The van der Waals surface area contributed by atoms with Crippen LogP contribution < -0.4 is 10.1 Å². The molecule has 0 bridgehead atoms. The van der Waals surface area contributed by atoms with Crippen LogP contribution in [0.1, 0.15) is 34.7 Å². The Hall–Kier alpha value is -3.94. The van der Waals surface area contributed by atoms with E-state index in [0.29, 0.717) is 11.4 Å². The first-order valence-electron chi connectivity index (χ1n) is 10.5. The molecule has 33 heavy (non-hydrogen) atoms. The van der Waals surface area contributed by atoms with Gasteiger partial charge in [-0.05, 0) is 28.8 Å². The van der Waals surface area contributed by atoms with Crippen molar-refractivity contribution in [2.45, 2.75) is 17.9 Å². The lowest BCUT2D eigenvalue weighted by atomic mass is 9.78. The SMILES string of the molecule is O=C(O)COc1cccc(C2(c3ccccc3)OC(c3cocn3)NC2c2ccccc2)c1. The molecule has 1 aliphatic rings. The Morgan fingerprint density at radius 1 is 1.00 bits per heavy atom. The molecule has 0 saturated carbocycles. The van der Waals surface area contributed by atoms with Crippen molar-refractivity contribution in [3.8, 4) is 5.75 Å². The molecule has 0 spiro atoms. The summed E-state index contributed by atoms with van der Waals surface area (Å²) in [5, 5.41) is 12.6. The number of nitrogens with zero attached hydrogens (tertiary/aromatic N) is 1. The molecular weight excluding hydrogens is 420 g/mol. The molecule has 5 rings (SSSR count). The van der Waals surface area contributed by atoms with Crippen LogP contribution in [-0.2, 0) is 15.1 Å². The normalized spacial score (nSPS) is 22.2. The number of carboxylic acids is 1. The summed E-state index contributed by atoms with van der Waals surface area (Å²) in [6, 6.07) is 27.1. The fourth-order valence-corrected chi connectivity index (χ4v) is 4.31. The van der Waals surface area contributed by atoms with Crippen LogP contribution in [-0.4, -0.2) is 22.7 Å². The van der Waals surface area contributed by atoms with Gasteiger partial charge in [0.1, 0.15) is 23.3 Å². The molecule has 3 unspecified atom stereocenters. The second kappa shape index (κ2) is 8.90. The lowest BCUT2D eigenvalue weighted by Gasteiger charge is -2.35. The number of carbonyl (C=O) groups is 1. The summed E-state index contributed by atoms with van der Waals surface area (Å²) in [6.07, 6.45) is 2.41. The van der Waals surface area contributed by atoms with Crippen molar-refractivity contribution in [3.63, 3.8) is 0 Å². The van der Waals surface area contributed by atoms with Gasteiger partial charge in [0.05, 0.1) is 6.04 Å². The number of hydrogen-bond acceptors (Lipinski definition) is 6. The minimum Gasteiger partial charge on any atom is -0.482 e. The van der Waals surface area contributed by atoms with Crippen LogP contribution >= 0.6 is 0 Å². The largest absolute Gasteiger partial charge is 0.482 e. The summed E-state index contributed by atoms with van der Waals surface area (Å²) < 4.78 is 17.5. The van der Waals surface area contributed by atoms with E-state index in [0.717, 1.165) is 16.7 Å². The van der Waals surface area contributed by atoms with Gasteiger partial charge in [0.2, 0.25) is 0 Å². The predicted octanol–water partition coefficient (Wildman–Crippen LogP) is 4.44. The molecule has 0 aliphatic carbocycles. The smallest absolute Gasteiger partial charge is 0.341 e. The average Bonchev–Trinajstić information content (AvgIpc) is 3.53. The van der Waals surface area contributed by atoms with Gasteiger partial charge in [0.25, 0.3) is 0 Å². The maximum absolute atomic E-state index is 11.0. The zero-order valence-electron chi connectivity index (χ0n) is 17.6. The third kappa shape index (κ3) is 4.00. The van der Waals surface area contributed by atoms with Gasteiger partial charge < -0.3 is 19.0 Å². The molecule has 1 aliphatic heterocycles. The average molecular weight is 442 g/mol. The van der Waals surface area contributed by atoms with Crippen molar-refractivity contribution in [1.82, 2.24) is 10.3 Å². The van der Waals surface area contributed by atoms with E-state index >= 15 is 0 Å². The number of nitrogens with one attached hydrogen (secondary N) is 1.